The first kappa shape index (κ1) is 10.1. The zero-order chi connectivity index (χ0) is 8.91. The normalized spacial score (nSPS) is 10.9. The van der Waals surface area contributed by atoms with Crippen molar-refractivity contribution < 1.29 is 27.4 Å². The average Bonchev–Trinajstić information content (AvgIpc) is 2.00. The summed E-state index contributed by atoms with van der Waals surface area (Å²) in [6.45, 7) is -3.15. The lowest BCUT2D eigenvalue weighted by molar-refractivity contribution is -0.0797. The molecule has 6 heteroatoms. The third kappa shape index (κ3) is 4.46. The third-order valence-corrected chi connectivity index (χ3v) is 0.763. The molecule has 0 aromatic heterocycles. The van der Waals surface area contributed by atoms with E-state index in [1.54, 1.807) is 0 Å². The van der Waals surface area contributed by atoms with Gasteiger partial charge in [0.15, 0.2) is 13.3 Å². The molecule has 0 rings (SSSR count). The summed E-state index contributed by atoms with van der Waals surface area (Å²) in [5.74, 6) is -3.62. The van der Waals surface area contributed by atoms with Crippen molar-refractivity contribution in [1.29, 1.82) is 0 Å². The van der Waals surface area contributed by atoms with E-state index in [4.69, 9.17) is 0 Å². The van der Waals surface area contributed by atoms with E-state index in [2.05, 4.69) is 9.47 Å². The minimum atomic E-state index is -3.62. The van der Waals surface area contributed by atoms with Crippen LogP contribution in [0.25, 0.3) is 0 Å². The highest BCUT2D eigenvalue weighted by Crippen LogP contribution is 2.13. The fourth-order valence-corrected chi connectivity index (χ4v) is 0.262. The Labute approximate surface area is 61.1 Å². The Balaban J connectivity index is 3.61. The van der Waals surface area contributed by atoms with Gasteiger partial charge in [-0.15, -0.1) is 0 Å². The minimum Gasteiger partial charge on any atom is -0.438 e. The SMILES string of the molecule is COC(=O)OCC(F)(F)CF. The van der Waals surface area contributed by atoms with Crippen LogP contribution >= 0.6 is 0 Å². The van der Waals surface area contributed by atoms with E-state index in [1.807, 2.05) is 0 Å². The summed E-state index contributed by atoms with van der Waals surface area (Å²) in [5.41, 5.74) is 0. The molecular weight excluding hydrogens is 165 g/mol. The Morgan fingerprint density at radius 1 is 1.55 bits per heavy atom. The van der Waals surface area contributed by atoms with E-state index in [-0.39, 0.29) is 0 Å². The van der Waals surface area contributed by atoms with Gasteiger partial charge in [0.1, 0.15) is 0 Å². The lowest BCUT2D eigenvalue weighted by Gasteiger charge is -2.10. The van der Waals surface area contributed by atoms with Gasteiger partial charge in [-0.3, -0.25) is 0 Å². The van der Waals surface area contributed by atoms with Crippen LogP contribution in [0.4, 0.5) is 18.0 Å². The number of rotatable bonds is 3. The summed E-state index contributed by atoms with van der Waals surface area (Å²) in [5, 5.41) is 0. The van der Waals surface area contributed by atoms with Gasteiger partial charge in [0.05, 0.1) is 7.11 Å². The van der Waals surface area contributed by atoms with E-state index >= 15 is 0 Å². The Kier molecular flexibility index (Phi) is 3.70. The largest absolute Gasteiger partial charge is 0.508 e. The summed E-state index contributed by atoms with van der Waals surface area (Å²) in [7, 11) is 0.968. The number of carbonyl (C=O) groups is 1. The second kappa shape index (κ2) is 4.05. The molecule has 0 fully saturated rings. The van der Waals surface area contributed by atoms with E-state index in [0.29, 0.717) is 0 Å². The van der Waals surface area contributed by atoms with E-state index in [9.17, 15) is 18.0 Å². The molecule has 0 aromatic carbocycles. The number of methoxy groups -OCH3 is 1. The van der Waals surface area contributed by atoms with Crippen LogP contribution in [-0.2, 0) is 9.47 Å². The number of alkyl halides is 3. The molecular formula is C5H7F3O3. The quantitative estimate of drug-likeness (QED) is 0.603. The van der Waals surface area contributed by atoms with Gasteiger partial charge >= 0.3 is 12.1 Å². The monoisotopic (exact) mass is 172 g/mol. The van der Waals surface area contributed by atoms with Crippen LogP contribution in [0.1, 0.15) is 0 Å². The Morgan fingerprint density at radius 3 is 2.45 bits per heavy atom. The Hall–Kier alpha value is -0.940. The summed E-state index contributed by atoms with van der Waals surface area (Å²) >= 11 is 0. The van der Waals surface area contributed by atoms with Crippen LogP contribution in [0, 0.1) is 0 Å². The van der Waals surface area contributed by atoms with Gasteiger partial charge < -0.3 is 9.47 Å². The van der Waals surface area contributed by atoms with Gasteiger partial charge in [-0.25, -0.2) is 9.18 Å². The van der Waals surface area contributed by atoms with E-state index in [1.165, 1.54) is 0 Å². The minimum absolute atomic E-state index is 0.968. The van der Waals surface area contributed by atoms with Crippen LogP contribution in [0.5, 0.6) is 0 Å². The lowest BCUT2D eigenvalue weighted by Crippen LogP contribution is -2.27. The highest BCUT2D eigenvalue weighted by atomic mass is 19.3. The molecule has 0 amide bonds. The topological polar surface area (TPSA) is 35.5 Å². The molecule has 0 unspecified atom stereocenters. The smallest absolute Gasteiger partial charge is 0.438 e. The maximum atomic E-state index is 11.9. The number of halogens is 3. The van der Waals surface area contributed by atoms with Crippen molar-refractivity contribution in [3.8, 4) is 0 Å². The van der Waals surface area contributed by atoms with Gasteiger partial charge in [-0.05, 0) is 0 Å². The van der Waals surface area contributed by atoms with Crippen LogP contribution < -0.4 is 0 Å². The molecule has 0 aliphatic heterocycles. The molecule has 0 atom stereocenters. The van der Waals surface area contributed by atoms with Crippen molar-refractivity contribution in [3.05, 3.63) is 0 Å². The summed E-state index contributed by atoms with van der Waals surface area (Å²) < 4.78 is 42.9. The van der Waals surface area contributed by atoms with Gasteiger partial charge in [0.2, 0.25) is 0 Å². The van der Waals surface area contributed by atoms with Crippen molar-refractivity contribution in [2.45, 2.75) is 5.92 Å². The number of ether oxygens (including phenoxy) is 2. The number of hydrogen-bond donors (Lipinski definition) is 0. The maximum Gasteiger partial charge on any atom is 0.508 e. The van der Waals surface area contributed by atoms with Gasteiger partial charge in [0.25, 0.3) is 0 Å². The summed E-state index contributed by atoms with van der Waals surface area (Å²) in [6.07, 6.45) is -1.25. The number of hydrogen-bond acceptors (Lipinski definition) is 3. The molecule has 0 saturated carbocycles. The molecule has 0 aliphatic rings. The zero-order valence-corrected chi connectivity index (χ0v) is 5.77. The molecule has 0 N–H and O–H groups in total. The zero-order valence-electron chi connectivity index (χ0n) is 5.77. The van der Waals surface area contributed by atoms with Gasteiger partial charge in [-0.2, -0.15) is 8.78 Å². The molecule has 0 aromatic rings. The van der Waals surface area contributed by atoms with Gasteiger partial charge in [0, 0.05) is 0 Å². The second-order valence-electron chi connectivity index (χ2n) is 1.73. The van der Waals surface area contributed by atoms with Crippen LogP contribution in [0.3, 0.4) is 0 Å². The molecule has 0 bridgehead atoms. The predicted octanol–water partition coefficient (Wildman–Crippen LogP) is 1.37. The van der Waals surface area contributed by atoms with Crippen molar-refractivity contribution >= 4 is 6.16 Å². The first-order valence-corrected chi connectivity index (χ1v) is 2.66. The number of carbonyl (C=O) groups excluding carboxylic acids is 1. The lowest BCUT2D eigenvalue weighted by atomic mass is 10.4. The van der Waals surface area contributed by atoms with Gasteiger partial charge in [-0.1, -0.05) is 0 Å². The molecule has 0 heterocycles. The summed E-state index contributed by atoms with van der Waals surface area (Å²) in [6, 6.07) is 0. The standard InChI is InChI=1S/C5H7F3O3/c1-10-4(9)11-3-5(7,8)2-6/h2-3H2,1H3. The molecule has 0 spiro atoms. The van der Waals surface area contributed by atoms with Crippen molar-refractivity contribution in [2.75, 3.05) is 20.4 Å². The molecule has 66 valence electrons. The summed E-state index contributed by atoms with van der Waals surface area (Å²) in [4.78, 5) is 10.1. The first-order chi connectivity index (χ1) is 5.02. The van der Waals surface area contributed by atoms with Crippen molar-refractivity contribution in [1.82, 2.24) is 0 Å². The molecule has 11 heavy (non-hydrogen) atoms. The van der Waals surface area contributed by atoms with Crippen LogP contribution in [-0.4, -0.2) is 32.5 Å². The predicted molar refractivity (Wildman–Crippen MR) is 29.3 cm³/mol. The molecule has 0 aliphatic carbocycles. The Bertz CT molecular complexity index is 137. The third-order valence-electron chi connectivity index (χ3n) is 0.763. The second-order valence-corrected chi connectivity index (χ2v) is 1.73. The van der Waals surface area contributed by atoms with Crippen LogP contribution in [0.15, 0.2) is 0 Å². The fraction of sp³-hybridized carbons (Fsp3) is 0.800. The highest BCUT2D eigenvalue weighted by molar-refractivity contribution is 5.59. The first-order valence-electron chi connectivity index (χ1n) is 2.66. The van der Waals surface area contributed by atoms with E-state index < -0.39 is 25.4 Å². The molecule has 0 saturated heterocycles. The molecule has 3 nitrogen and oxygen atoms in total. The van der Waals surface area contributed by atoms with Crippen molar-refractivity contribution in [2.24, 2.45) is 0 Å². The Morgan fingerprint density at radius 2 is 2.09 bits per heavy atom. The van der Waals surface area contributed by atoms with Crippen LogP contribution in [0.2, 0.25) is 0 Å². The molecule has 0 radical (unpaired) electrons. The van der Waals surface area contributed by atoms with Crippen molar-refractivity contribution in [3.63, 3.8) is 0 Å². The highest BCUT2D eigenvalue weighted by Gasteiger charge is 2.31. The van der Waals surface area contributed by atoms with E-state index in [0.717, 1.165) is 7.11 Å². The maximum absolute atomic E-state index is 11.9. The average molecular weight is 172 g/mol. The fourth-order valence-electron chi connectivity index (χ4n) is 0.262.